The van der Waals surface area contributed by atoms with Crippen LogP contribution in [0.25, 0.3) is 0 Å². The number of ketones is 1. The minimum Gasteiger partial charge on any atom is -0.493 e. The van der Waals surface area contributed by atoms with Crippen molar-refractivity contribution in [2.75, 3.05) is 20.8 Å². The van der Waals surface area contributed by atoms with Crippen molar-refractivity contribution >= 4 is 11.8 Å². The Morgan fingerprint density at radius 1 is 1.14 bits per heavy atom. The van der Waals surface area contributed by atoms with Crippen LogP contribution in [0.4, 0.5) is 0 Å². The summed E-state index contributed by atoms with van der Waals surface area (Å²) < 4.78 is 17.3. The first-order valence-corrected chi connectivity index (χ1v) is 13.2. The highest BCUT2D eigenvalue weighted by atomic mass is 16.5. The van der Waals surface area contributed by atoms with Crippen molar-refractivity contribution in [3.05, 3.63) is 35.9 Å². The molecule has 0 aromatic heterocycles. The van der Waals surface area contributed by atoms with Gasteiger partial charge in [0.25, 0.3) is 0 Å². The van der Waals surface area contributed by atoms with Gasteiger partial charge in [0.15, 0.2) is 17.3 Å². The second kappa shape index (κ2) is 6.13. The molecule has 3 heterocycles. The summed E-state index contributed by atoms with van der Waals surface area (Å²) in [6.45, 7) is 7.97. The van der Waals surface area contributed by atoms with Gasteiger partial charge in [-0.05, 0) is 72.1 Å². The molecule has 0 amide bonds. The normalized spacial score (nSPS) is 51.2. The molecule has 0 radical (unpaired) electrons. The van der Waals surface area contributed by atoms with Crippen molar-refractivity contribution in [2.45, 2.75) is 57.2 Å². The van der Waals surface area contributed by atoms with Gasteiger partial charge in [-0.15, -0.1) is 0 Å². The molecule has 35 heavy (non-hydrogen) atoms. The van der Waals surface area contributed by atoms with Crippen LogP contribution in [-0.2, 0) is 9.53 Å². The van der Waals surface area contributed by atoms with Gasteiger partial charge >= 0.3 is 5.97 Å². The van der Waals surface area contributed by atoms with Gasteiger partial charge in [0.2, 0.25) is 0 Å². The lowest BCUT2D eigenvalue weighted by molar-refractivity contribution is -0.184. The van der Waals surface area contributed by atoms with E-state index >= 15 is 0 Å². The van der Waals surface area contributed by atoms with E-state index in [4.69, 9.17) is 14.2 Å². The van der Waals surface area contributed by atoms with Crippen molar-refractivity contribution in [3.8, 4) is 11.5 Å². The molecule has 9 fully saturated rings. The molecule has 2 spiro atoms. The Hall–Kier alpha value is -2.34. The standard InChI is InChI=1S/C29H33NO5/c1-14-16-11-17-24-28-9-5-8-27(2)13-30(24)18(22(27)28)12-29(17,25(14)31)23(28)21(16)35-26(32)15-6-7-19(33-3)20(10-15)34-4/h6-7,10,16-18,21-24H,1,5,8-9,11-13H2,2-4H3/t16-,17-,18+,21+,22-,23+,24-,27+,28+,29-/m1/s1. The van der Waals surface area contributed by atoms with E-state index in [0.29, 0.717) is 57.8 Å². The summed E-state index contributed by atoms with van der Waals surface area (Å²) >= 11 is 0. The van der Waals surface area contributed by atoms with Crippen molar-refractivity contribution in [1.29, 1.82) is 0 Å². The van der Waals surface area contributed by atoms with Gasteiger partial charge in [0.1, 0.15) is 6.10 Å². The van der Waals surface area contributed by atoms with Gasteiger partial charge in [-0.1, -0.05) is 19.9 Å². The third-order valence-corrected chi connectivity index (χ3v) is 11.9. The van der Waals surface area contributed by atoms with E-state index in [-0.39, 0.29) is 34.7 Å². The Labute approximate surface area is 206 Å². The average molecular weight is 476 g/mol. The summed E-state index contributed by atoms with van der Waals surface area (Å²) in [7, 11) is 3.15. The molecule has 9 bridgehead atoms. The molecule has 9 aliphatic rings. The Morgan fingerprint density at radius 3 is 2.71 bits per heavy atom. The molecule has 3 saturated heterocycles. The highest BCUT2D eigenvalue weighted by Crippen LogP contribution is 2.86. The molecular weight excluding hydrogens is 442 g/mol. The lowest BCUT2D eigenvalue weighted by Gasteiger charge is -2.63. The molecule has 10 rings (SSSR count). The largest absolute Gasteiger partial charge is 0.493 e. The minimum atomic E-state index is -0.376. The molecule has 6 nitrogen and oxygen atoms in total. The van der Waals surface area contributed by atoms with E-state index in [9.17, 15) is 9.59 Å². The number of carbonyl (C=O) groups is 2. The van der Waals surface area contributed by atoms with Crippen LogP contribution in [0.5, 0.6) is 11.5 Å². The second-order valence-electron chi connectivity index (χ2n) is 12.7. The summed E-state index contributed by atoms with van der Waals surface area (Å²) in [5.41, 5.74) is 1.22. The number of carbonyl (C=O) groups excluding carboxylic acids is 2. The second-order valence-corrected chi connectivity index (χ2v) is 12.7. The highest BCUT2D eigenvalue weighted by Gasteiger charge is 2.90. The maximum atomic E-state index is 14.0. The zero-order chi connectivity index (χ0) is 24.1. The van der Waals surface area contributed by atoms with Crippen LogP contribution < -0.4 is 9.47 Å². The van der Waals surface area contributed by atoms with E-state index in [1.54, 1.807) is 32.4 Å². The van der Waals surface area contributed by atoms with Crippen molar-refractivity contribution in [1.82, 2.24) is 4.90 Å². The smallest absolute Gasteiger partial charge is 0.338 e. The summed E-state index contributed by atoms with van der Waals surface area (Å²) in [4.78, 5) is 30.4. The lowest BCUT2D eigenvalue weighted by Crippen LogP contribution is -2.67. The van der Waals surface area contributed by atoms with Crippen molar-refractivity contribution in [3.63, 3.8) is 0 Å². The third kappa shape index (κ3) is 1.98. The van der Waals surface area contributed by atoms with Crippen LogP contribution in [-0.4, -0.2) is 55.6 Å². The fourth-order valence-electron chi connectivity index (χ4n) is 11.5. The van der Waals surface area contributed by atoms with E-state index in [0.717, 1.165) is 12.8 Å². The number of ether oxygens (including phenoxy) is 3. The number of Topliss-reactive ketones (excluding diaryl/α,β-unsaturated/α-hetero) is 1. The molecule has 1 aromatic carbocycles. The van der Waals surface area contributed by atoms with E-state index in [1.165, 1.54) is 25.8 Å². The Balaban J connectivity index is 1.23. The Morgan fingerprint density at radius 2 is 1.94 bits per heavy atom. The summed E-state index contributed by atoms with van der Waals surface area (Å²) in [6, 6.07) is 6.18. The number of esters is 1. The van der Waals surface area contributed by atoms with Crippen molar-refractivity contribution < 1.29 is 23.8 Å². The van der Waals surface area contributed by atoms with Crippen LogP contribution in [0.2, 0.25) is 0 Å². The Kier molecular flexibility index (Phi) is 3.65. The molecule has 1 aromatic rings. The predicted octanol–water partition coefficient (Wildman–Crippen LogP) is 3.88. The number of piperidine rings is 2. The molecule has 184 valence electrons. The molecule has 1 unspecified atom stereocenters. The van der Waals surface area contributed by atoms with Crippen LogP contribution in [0.15, 0.2) is 30.4 Å². The fourth-order valence-corrected chi connectivity index (χ4v) is 11.5. The SMILES string of the molecule is C=C1C(=O)[C@@]23C[C@H]4[C@@H]5[C@@]6(C)CCC[C@@]57[C@@H]2[C@@H](OC(=O)c2ccc(OC)c(OC)c2)[C@@H]1C[C@@H]3[C@H]7N4C6. The van der Waals surface area contributed by atoms with Gasteiger partial charge in [-0.2, -0.15) is 0 Å². The Bertz CT molecular complexity index is 1230. The van der Waals surface area contributed by atoms with Crippen molar-refractivity contribution in [2.24, 2.45) is 39.9 Å². The fraction of sp³-hybridized carbons (Fsp3) is 0.655. The highest BCUT2D eigenvalue weighted by molar-refractivity contribution is 6.04. The number of fused-ring (bicyclic) bond motifs is 1. The summed E-state index contributed by atoms with van der Waals surface area (Å²) in [5.74, 6) is 2.14. The van der Waals surface area contributed by atoms with E-state index in [1.807, 2.05) is 0 Å². The molecule has 6 heteroatoms. The third-order valence-electron chi connectivity index (χ3n) is 11.9. The monoisotopic (exact) mass is 475 g/mol. The summed E-state index contributed by atoms with van der Waals surface area (Å²) in [5, 5.41) is 0. The number of methoxy groups -OCH3 is 2. The van der Waals surface area contributed by atoms with Gasteiger partial charge < -0.3 is 14.2 Å². The van der Waals surface area contributed by atoms with Gasteiger partial charge in [0, 0.05) is 35.9 Å². The molecule has 11 atom stereocenters. The first-order valence-electron chi connectivity index (χ1n) is 13.2. The van der Waals surface area contributed by atoms with Crippen LogP contribution in [0.3, 0.4) is 0 Å². The maximum Gasteiger partial charge on any atom is 0.338 e. The maximum absolute atomic E-state index is 14.0. The van der Waals surface area contributed by atoms with Gasteiger partial charge in [0.05, 0.1) is 19.8 Å². The van der Waals surface area contributed by atoms with E-state index in [2.05, 4.69) is 18.4 Å². The zero-order valence-electron chi connectivity index (χ0n) is 20.7. The minimum absolute atomic E-state index is 0.0613. The first-order chi connectivity index (χ1) is 16.8. The number of rotatable bonds is 4. The lowest BCUT2D eigenvalue weighted by atomic mass is 9.40. The van der Waals surface area contributed by atoms with Crippen LogP contribution in [0.1, 0.15) is 49.4 Å². The average Bonchev–Trinajstić information content (AvgIpc) is 3.28. The number of nitrogens with zero attached hydrogens (tertiary/aromatic N) is 1. The van der Waals surface area contributed by atoms with Gasteiger partial charge in [-0.25, -0.2) is 4.79 Å². The first kappa shape index (κ1) is 20.8. The summed E-state index contributed by atoms with van der Waals surface area (Å²) in [6.07, 6.45) is 5.28. The van der Waals surface area contributed by atoms with Crippen LogP contribution in [0, 0.1) is 39.9 Å². The molecule has 6 saturated carbocycles. The van der Waals surface area contributed by atoms with Gasteiger partial charge in [-0.3, -0.25) is 9.69 Å². The predicted molar refractivity (Wildman–Crippen MR) is 127 cm³/mol. The number of hydrogen-bond acceptors (Lipinski definition) is 6. The van der Waals surface area contributed by atoms with E-state index < -0.39 is 0 Å². The number of benzene rings is 1. The quantitative estimate of drug-likeness (QED) is 0.486. The zero-order valence-corrected chi connectivity index (χ0v) is 20.7. The molecular formula is C29H33NO5. The number of hydrogen-bond donors (Lipinski definition) is 0. The molecule has 0 N–H and O–H groups in total. The van der Waals surface area contributed by atoms with Crippen LogP contribution >= 0.6 is 0 Å². The molecule has 3 aliphatic heterocycles. The topological polar surface area (TPSA) is 65.1 Å². The molecule has 6 aliphatic carbocycles.